The molecule has 1 aromatic heterocycles. The lowest BCUT2D eigenvalue weighted by Gasteiger charge is -2.21. The maximum absolute atomic E-state index is 5.88. The van der Waals surface area contributed by atoms with E-state index in [0.717, 1.165) is 28.8 Å². The number of hydrogen-bond acceptors (Lipinski definition) is 1. The Morgan fingerprint density at radius 2 is 2.06 bits per heavy atom. The van der Waals surface area contributed by atoms with Gasteiger partial charge in [-0.1, -0.05) is 36.7 Å². The van der Waals surface area contributed by atoms with Crippen LogP contribution < -0.4 is 0 Å². The first kappa shape index (κ1) is 13.9. The quantitative estimate of drug-likeness (QED) is 0.751. The van der Waals surface area contributed by atoms with Crippen LogP contribution in [-0.2, 0) is 13.0 Å². The molecule has 0 radical (unpaired) electrons. The molecule has 0 unspecified atom stereocenters. The molecule has 1 heterocycles. The van der Waals surface area contributed by atoms with Gasteiger partial charge in [-0.25, -0.2) is 4.98 Å². The molecule has 0 aliphatic heterocycles. The van der Waals surface area contributed by atoms with Crippen molar-refractivity contribution in [2.24, 2.45) is 5.41 Å². The maximum Gasteiger partial charge on any atom is 0.111 e. The summed E-state index contributed by atoms with van der Waals surface area (Å²) in [7, 11) is 0. The Balaban J connectivity index is 2.57. The second kappa shape index (κ2) is 5.22. The second-order valence-corrected chi connectivity index (χ2v) is 7.04. The number of imidazole rings is 1. The van der Waals surface area contributed by atoms with Crippen LogP contribution in [0, 0.1) is 5.41 Å². The first-order valence-corrected chi connectivity index (χ1v) is 7.44. The third-order valence-corrected chi connectivity index (χ3v) is 3.42. The summed E-state index contributed by atoms with van der Waals surface area (Å²) in [6.45, 7) is 7.66. The van der Waals surface area contributed by atoms with E-state index in [1.165, 1.54) is 5.52 Å². The largest absolute Gasteiger partial charge is 0.327 e. The van der Waals surface area contributed by atoms with E-state index in [9.17, 15) is 0 Å². The molecule has 0 aliphatic carbocycles. The number of alkyl halides is 1. The Hall–Kier alpha value is -0.540. The van der Waals surface area contributed by atoms with E-state index in [1.54, 1.807) is 0 Å². The van der Waals surface area contributed by atoms with Crippen molar-refractivity contribution in [1.82, 2.24) is 9.55 Å². The van der Waals surface area contributed by atoms with Crippen LogP contribution in [0.25, 0.3) is 11.0 Å². The highest BCUT2D eigenvalue weighted by Gasteiger charge is 2.17. The Bertz CT molecular complexity index is 555. The molecule has 0 N–H and O–H groups in total. The third kappa shape index (κ3) is 3.07. The number of benzene rings is 1. The highest BCUT2D eigenvalue weighted by Crippen LogP contribution is 2.25. The highest BCUT2D eigenvalue weighted by atomic mass is 79.9. The summed E-state index contributed by atoms with van der Waals surface area (Å²) in [6.07, 6.45) is 0.809. The highest BCUT2D eigenvalue weighted by molar-refractivity contribution is 9.10. The predicted molar refractivity (Wildman–Crippen MR) is 81.3 cm³/mol. The van der Waals surface area contributed by atoms with Gasteiger partial charge in [-0.3, -0.25) is 0 Å². The number of rotatable bonds is 3. The zero-order valence-corrected chi connectivity index (χ0v) is 13.3. The van der Waals surface area contributed by atoms with Crippen LogP contribution in [0.1, 0.15) is 26.6 Å². The lowest BCUT2D eigenvalue weighted by atomic mass is 9.96. The molecule has 0 spiro atoms. The van der Waals surface area contributed by atoms with E-state index < -0.39 is 0 Å². The van der Waals surface area contributed by atoms with Crippen molar-refractivity contribution in [2.75, 3.05) is 5.88 Å². The molecule has 2 nitrogen and oxygen atoms in total. The molecular formula is C14H18BrClN2. The number of fused-ring (bicyclic) bond motifs is 1. The lowest BCUT2D eigenvalue weighted by molar-refractivity contribution is 0.343. The van der Waals surface area contributed by atoms with Gasteiger partial charge in [0.1, 0.15) is 5.82 Å². The Morgan fingerprint density at radius 1 is 1.33 bits per heavy atom. The predicted octanol–water partition coefficient (Wildman–Crippen LogP) is 4.63. The van der Waals surface area contributed by atoms with Gasteiger partial charge in [0.2, 0.25) is 0 Å². The standard InChI is InChI=1S/C14H18BrClN2/c1-14(2,3)9-18-12-8-10(15)4-5-11(12)17-13(18)6-7-16/h4-5,8H,6-7,9H2,1-3H3. The molecule has 2 rings (SSSR count). The summed E-state index contributed by atoms with van der Waals surface area (Å²) in [4.78, 5) is 4.69. The first-order chi connectivity index (χ1) is 8.40. The summed E-state index contributed by atoms with van der Waals surface area (Å²) in [5, 5.41) is 0. The van der Waals surface area contributed by atoms with Crippen molar-refractivity contribution in [2.45, 2.75) is 33.7 Å². The van der Waals surface area contributed by atoms with Crippen LogP contribution in [0.2, 0.25) is 0 Å². The molecule has 0 atom stereocenters. The minimum atomic E-state index is 0.219. The number of aromatic nitrogens is 2. The fraction of sp³-hybridized carbons (Fsp3) is 0.500. The average molecular weight is 330 g/mol. The van der Waals surface area contributed by atoms with E-state index in [0.29, 0.717) is 5.88 Å². The minimum Gasteiger partial charge on any atom is -0.327 e. The van der Waals surface area contributed by atoms with Gasteiger partial charge < -0.3 is 4.57 Å². The molecule has 0 fully saturated rings. The van der Waals surface area contributed by atoms with E-state index in [-0.39, 0.29) is 5.41 Å². The van der Waals surface area contributed by atoms with Crippen LogP contribution in [-0.4, -0.2) is 15.4 Å². The summed E-state index contributed by atoms with van der Waals surface area (Å²) < 4.78 is 3.38. The SMILES string of the molecule is CC(C)(C)Cn1c(CCCl)nc2ccc(Br)cc21. The van der Waals surface area contributed by atoms with E-state index in [1.807, 2.05) is 6.07 Å². The molecule has 18 heavy (non-hydrogen) atoms. The number of hydrogen-bond donors (Lipinski definition) is 0. The Labute approximate surface area is 121 Å². The molecule has 2 aromatic rings. The van der Waals surface area contributed by atoms with Crippen LogP contribution in [0.3, 0.4) is 0 Å². The van der Waals surface area contributed by atoms with Gasteiger partial charge >= 0.3 is 0 Å². The summed E-state index contributed by atoms with van der Waals surface area (Å²) in [6, 6.07) is 6.21. The van der Waals surface area contributed by atoms with Gasteiger partial charge in [-0.2, -0.15) is 0 Å². The molecule has 4 heteroatoms. The second-order valence-electron chi connectivity index (χ2n) is 5.75. The van der Waals surface area contributed by atoms with Gasteiger partial charge in [0.15, 0.2) is 0 Å². The Kier molecular flexibility index (Phi) is 4.02. The van der Waals surface area contributed by atoms with Crippen molar-refractivity contribution in [3.8, 4) is 0 Å². The van der Waals surface area contributed by atoms with Gasteiger partial charge in [0.25, 0.3) is 0 Å². The first-order valence-electron chi connectivity index (χ1n) is 6.11. The number of halogens is 2. The summed E-state index contributed by atoms with van der Waals surface area (Å²) in [5.74, 6) is 1.68. The van der Waals surface area contributed by atoms with Crippen molar-refractivity contribution in [3.63, 3.8) is 0 Å². The van der Waals surface area contributed by atoms with Crippen molar-refractivity contribution in [3.05, 3.63) is 28.5 Å². The van der Waals surface area contributed by atoms with E-state index in [2.05, 4.69) is 58.4 Å². The number of nitrogens with zero attached hydrogens (tertiary/aromatic N) is 2. The zero-order valence-electron chi connectivity index (χ0n) is 11.0. The average Bonchev–Trinajstić information content (AvgIpc) is 2.56. The molecular weight excluding hydrogens is 312 g/mol. The molecule has 0 bridgehead atoms. The molecule has 98 valence electrons. The van der Waals surface area contributed by atoms with Crippen LogP contribution >= 0.6 is 27.5 Å². The molecule has 1 aromatic carbocycles. The van der Waals surface area contributed by atoms with Crippen LogP contribution in [0.15, 0.2) is 22.7 Å². The zero-order chi connectivity index (χ0) is 13.3. The molecule has 0 aliphatic rings. The van der Waals surface area contributed by atoms with Crippen molar-refractivity contribution in [1.29, 1.82) is 0 Å². The van der Waals surface area contributed by atoms with Crippen molar-refractivity contribution < 1.29 is 0 Å². The number of aryl methyl sites for hydroxylation is 1. The minimum absolute atomic E-state index is 0.219. The molecule has 0 saturated heterocycles. The fourth-order valence-corrected chi connectivity index (χ4v) is 2.59. The maximum atomic E-state index is 5.88. The van der Waals surface area contributed by atoms with Gasteiger partial charge in [-0.15, -0.1) is 11.6 Å². The molecule has 0 saturated carbocycles. The normalized spacial score (nSPS) is 12.3. The van der Waals surface area contributed by atoms with Crippen molar-refractivity contribution >= 4 is 38.6 Å². The van der Waals surface area contributed by atoms with Gasteiger partial charge in [0, 0.05) is 23.3 Å². The monoisotopic (exact) mass is 328 g/mol. The van der Waals surface area contributed by atoms with Gasteiger partial charge in [0.05, 0.1) is 11.0 Å². The van der Waals surface area contributed by atoms with E-state index in [4.69, 9.17) is 11.6 Å². The van der Waals surface area contributed by atoms with E-state index >= 15 is 0 Å². The summed E-state index contributed by atoms with van der Waals surface area (Å²) >= 11 is 9.40. The fourth-order valence-electron chi connectivity index (χ4n) is 2.07. The lowest BCUT2D eigenvalue weighted by Crippen LogP contribution is -2.17. The summed E-state index contributed by atoms with van der Waals surface area (Å²) in [5.41, 5.74) is 2.44. The Morgan fingerprint density at radius 3 is 2.67 bits per heavy atom. The van der Waals surface area contributed by atoms with Crippen LogP contribution in [0.5, 0.6) is 0 Å². The smallest absolute Gasteiger partial charge is 0.111 e. The van der Waals surface area contributed by atoms with Gasteiger partial charge in [-0.05, 0) is 23.6 Å². The van der Waals surface area contributed by atoms with Crippen LogP contribution in [0.4, 0.5) is 0 Å². The topological polar surface area (TPSA) is 17.8 Å². The third-order valence-electron chi connectivity index (χ3n) is 2.74. The molecule has 0 amide bonds.